The Labute approximate surface area is 163 Å². The van der Waals surface area contributed by atoms with Crippen molar-refractivity contribution in [3.05, 3.63) is 64.7 Å². The van der Waals surface area contributed by atoms with Crippen molar-refractivity contribution in [3.63, 3.8) is 0 Å². The van der Waals surface area contributed by atoms with Crippen LogP contribution in [0, 0.1) is 5.41 Å². The van der Waals surface area contributed by atoms with Gasteiger partial charge in [0, 0.05) is 12.7 Å². The van der Waals surface area contributed by atoms with Gasteiger partial charge < -0.3 is 11.1 Å². The largest absolute Gasteiger partial charge is 0.368 e. The lowest BCUT2D eigenvalue weighted by Crippen LogP contribution is -2.21. The third-order valence-electron chi connectivity index (χ3n) is 3.97. The fourth-order valence-corrected chi connectivity index (χ4v) is 3.66. The van der Waals surface area contributed by atoms with E-state index >= 15 is 0 Å². The quantitative estimate of drug-likeness (QED) is 0.691. The molecule has 3 aromatic rings. The molecule has 2 heterocycles. The highest BCUT2D eigenvalue weighted by Gasteiger charge is 2.12. The fraction of sp³-hybridized carbons (Fsp3) is 0.286. The van der Waals surface area contributed by atoms with Gasteiger partial charge >= 0.3 is 0 Å². The number of carbonyl (C=O) groups is 1. The van der Waals surface area contributed by atoms with Crippen molar-refractivity contribution in [1.29, 1.82) is 0 Å². The Bertz CT molecular complexity index is 926. The lowest BCUT2D eigenvalue weighted by atomic mass is 9.88. The number of hydrogen-bond donors (Lipinski definition) is 2. The van der Waals surface area contributed by atoms with Gasteiger partial charge in [-0.1, -0.05) is 45.0 Å². The summed E-state index contributed by atoms with van der Waals surface area (Å²) in [6, 6.07) is 13.9. The van der Waals surface area contributed by atoms with Gasteiger partial charge in [0.1, 0.15) is 0 Å². The van der Waals surface area contributed by atoms with E-state index in [1.54, 1.807) is 18.3 Å². The maximum absolute atomic E-state index is 12.4. The summed E-state index contributed by atoms with van der Waals surface area (Å²) in [6.07, 6.45) is 2.64. The van der Waals surface area contributed by atoms with E-state index in [2.05, 4.69) is 60.3 Å². The molecule has 1 aromatic carbocycles. The Kier molecular flexibility index (Phi) is 5.56. The van der Waals surface area contributed by atoms with Crippen molar-refractivity contribution in [3.8, 4) is 10.6 Å². The molecule has 140 valence electrons. The highest BCUT2D eigenvalue weighted by atomic mass is 32.1. The molecule has 6 heteroatoms. The summed E-state index contributed by atoms with van der Waals surface area (Å²) in [5, 5.41) is 2.97. The number of benzene rings is 1. The summed E-state index contributed by atoms with van der Waals surface area (Å²) in [6.45, 7) is 7.19. The van der Waals surface area contributed by atoms with E-state index in [0.29, 0.717) is 11.4 Å². The number of thiophene rings is 1. The molecule has 1 amide bonds. The van der Waals surface area contributed by atoms with Crippen LogP contribution in [-0.2, 0) is 13.0 Å². The van der Waals surface area contributed by atoms with Crippen molar-refractivity contribution in [2.75, 3.05) is 5.73 Å². The van der Waals surface area contributed by atoms with Gasteiger partial charge in [0.25, 0.3) is 5.91 Å². The number of anilines is 1. The molecule has 0 saturated heterocycles. The molecule has 0 aliphatic rings. The van der Waals surface area contributed by atoms with E-state index in [9.17, 15) is 4.79 Å². The van der Waals surface area contributed by atoms with Gasteiger partial charge in [0.05, 0.1) is 15.4 Å². The van der Waals surface area contributed by atoms with Crippen LogP contribution in [0.3, 0.4) is 0 Å². The summed E-state index contributed by atoms with van der Waals surface area (Å²) >= 11 is 1.39. The fourth-order valence-electron chi connectivity index (χ4n) is 2.77. The minimum Gasteiger partial charge on any atom is -0.368 e. The molecule has 0 fully saturated rings. The van der Waals surface area contributed by atoms with Gasteiger partial charge in [0.15, 0.2) is 0 Å². The first-order chi connectivity index (χ1) is 12.8. The molecule has 5 nitrogen and oxygen atoms in total. The molecule has 2 aromatic heterocycles. The van der Waals surface area contributed by atoms with Crippen LogP contribution in [0.15, 0.2) is 48.7 Å². The van der Waals surface area contributed by atoms with Crippen molar-refractivity contribution < 1.29 is 4.79 Å². The van der Waals surface area contributed by atoms with Crippen molar-refractivity contribution in [1.82, 2.24) is 15.3 Å². The number of nitrogen functional groups attached to an aromatic ring is 1. The first kappa shape index (κ1) is 19.0. The third-order valence-corrected chi connectivity index (χ3v) is 5.07. The van der Waals surface area contributed by atoms with Gasteiger partial charge in [-0.3, -0.25) is 4.79 Å². The molecule has 0 atom stereocenters. The van der Waals surface area contributed by atoms with Gasteiger partial charge in [0.2, 0.25) is 5.95 Å². The van der Waals surface area contributed by atoms with Gasteiger partial charge in [-0.15, -0.1) is 11.3 Å². The number of nitrogens with zero attached hydrogens (tertiary/aromatic N) is 2. The second-order valence-corrected chi connectivity index (χ2v) is 8.78. The number of hydrogen-bond acceptors (Lipinski definition) is 5. The predicted molar refractivity (Wildman–Crippen MR) is 111 cm³/mol. The van der Waals surface area contributed by atoms with Crippen LogP contribution in [0.4, 0.5) is 5.95 Å². The smallest absolute Gasteiger partial charge is 0.261 e. The van der Waals surface area contributed by atoms with Crippen LogP contribution in [0.25, 0.3) is 10.6 Å². The zero-order valence-electron chi connectivity index (χ0n) is 15.8. The summed E-state index contributed by atoms with van der Waals surface area (Å²) in [7, 11) is 0. The predicted octanol–water partition coefficient (Wildman–Crippen LogP) is 4.31. The zero-order chi connectivity index (χ0) is 19.4. The van der Waals surface area contributed by atoms with Crippen LogP contribution in [0.1, 0.15) is 41.6 Å². The summed E-state index contributed by atoms with van der Waals surface area (Å²) < 4.78 is 0. The number of nitrogens with one attached hydrogen (secondary N) is 1. The van der Waals surface area contributed by atoms with E-state index in [1.807, 2.05) is 6.07 Å². The SMILES string of the molecule is CC(C)(C)Cc1ccc(CNC(=O)c2ccc(-c3ccnc(N)n3)s2)cc1. The Balaban J connectivity index is 1.60. The Morgan fingerprint density at radius 3 is 2.44 bits per heavy atom. The Morgan fingerprint density at radius 2 is 1.78 bits per heavy atom. The highest BCUT2D eigenvalue weighted by molar-refractivity contribution is 7.17. The molecule has 0 aliphatic heterocycles. The minimum absolute atomic E-state index is 0.0907. The van der Waals surface area contributed by atoms with Crippen LogP contribution < -0.4 is 11.1 Å². The van der Waals surface area contributed by atoms with E-state index in [4.69, 9.17) is 5.73 Å². The lowest BCUT2D eigenvalue weighted by molar-refractivity contribution is 0.0955. The van der Waals surface area contributed by atoms with Gasteiger partial charge in [-0.25, -0.2) is 9.97 Å². The highest BCUT2D eigenvalue weighted by Crippen LogP contribution is 2.26. The van der Waals surface area contributed by atoms with Crippen molar-refractivity contribution in [2.24, 2.45) is 5.41 Å². The first-order valence-electron chi connectivity index (χ1n) is 8.85. The monoisotopic (exact) mass is 380 g/mol. The Morgan fingerprint density at radius 1 is 1.07 bits per heavy atom. The van der Waals surface area contributed by atoms with Crippen LogP contribution in [-0.4, -0.2) is 15.9 Å². The van der Waals surface area contributed by atoms with Crippen molar-refractivity contribution >= 4 is 23.2 Å². The molecular formula is C21H24N4OS. The maximum Gasteiger partial charge on any atom is 0.261 e. The standard InChI is InChI=1S/C21H24N4OS/c1-21(2,3)12-14-4-6-15(7-5-14)13-24-19(26)18-9-8-17(27-18)16-10-11-23-20(22)25-16/h4-11H,12-13H2,1-3H3,(H,24,26)(H2,22,23,25). The summed E-state index contributed by atoms with van der Waals surface area (Å²) in [5.41, 5.74) is 9.00. The topological polar surface area (TPSA) is 80.9 Å². The van der Waals surface area contributed by atoms with E-state index in [-0.39, 0.29) is 17.3 Å². The second-order valence-electron chi connectivity index (χ2n) is 7.70. The van der Waals surface area contributed by atoms with Crippen molar-refractivity contribution in [2.45, 2.75) is 33.7 Å². The van der Waals surface area contributed by atoms with Gasteiger partial charge in [-0.05, 0) is 41.2 Å². The van der Waals surface area contributed by atoms with Crippen LogP contribution >= 0.6 is 11.3 Å². The third kappa shape index (κ3) is 5.37. The Hall–Kier alpha value is -2.73. The average molecular weight is 381 g/mol. The lowest BCUT2D eigenvalue weighted by Gasteiger charge is -2.18. The number of nitrogens with two attached hydrogens (primary N) is 1. The molecule has 0 bridgehead atoms. The molecule has 0 radical (unpaired) electrons. The number of amides is 1. The maximum atomic E-state index is 12.4. The normalized spacial score (nSPS) is 11.4. The zero-order valence-corrected chi connectivity index (χ0v) is 16.6. The summed E-state index contributed by atoms with van der Waals surface area (Å²) in [4.78, 5) is 22.0. The second kappa shape index (κ2) is 7.88. The molecule has 0 spiro atoms. The number of carbonyl (C=O) groups excluding carboxylic acids is 1. The van der Waals surface area contributed by atoms with E-state index in [1.165, 1.54) is 16.9 Å². The van der Waals surface area contributed by atoms with Crippen LogP contribution in [0.2, 0.25) is 0 Å². The average Bonchev–Trinajstić information content (AvgIpc) is 3.10. The molecule has 3 N–H and O–H groups in total. The number of rotatable bonds is 5. The summed E-state index contributed by atoms with van der Waals surface area (Å²) in [5.74, 6) is 0.133. The molecule has 27 heavy (non-hydrogen) atoms. The number of aromatic nitrogens is 2. The van der Waals surface area contributed by atoms with E-state index < -0.39 is 0 Å². The van der Waals surface area contributed by atoms with E-state index in [0.717, 1.165) is 22.6 Å². The molecular weight excluding hydrogens is 356 g/mol. The van der Waals surface area contributed by atoms with Crippen LogP contribution in [0.5, 0.6) is 0 Å². The first-order valence-corrected chi connectivity index (χ1v) is 9.66. The molecule has 0 unspecified atom stereocenters. The molecule has 0 aliphatic carbocycles. The minimum atomic E-state index is -0.0907. The molecule has 3 rings (SSSR count). The molecule has 0 saturated carbocycles. The van der Waals surface area contributed by atoms with Gasteiger partial charge in [-0.2, -0.15) is 0 Å².